The first-order valence-corrected chi connectivity index (χ1v) is 4.86. The maximum absolute atomic E-state index is 5.09. The lowest BCUT2D eigenvalue weighted by molar-refractivity contribution is 0.00646. The summed E-state index contributed by atoms with van der Waals surface area (Å²) < 4.78 is 4.83. The maximum atomic E-state index is 5.09. The van der Waals surface area contributed by atoms with Crippen LogP contribution in [0.5, 0.6) is 0 Å². The predicted molar refractivity (Wildman–Crippen MR) is 54.5 cm³/mol. The Hall–Kier alpha value is -0.380. The Bertz CT molecular complexity index is 107. The van der Waals surface area contributed by atoms with Gasteiger partial charge in [-0.2, -0.15) is 0 Å². The second-order valence-electron chi connectivity index (χ2n) is 2.87. The van der Waals surface area contributed by atoms with Crippen LogP contribution in [0.15, 0.2) is 12.7 Å². The van der Waals surface area contributed by atoms with Crippen LogP contribution in [0.25, 0.3) is 0 Å². The highest BCUT2D eigenvalue weighted by Gasteiger charge is 1.88. The highest BCUT2D eigenvalue weighted by molar-refractivity contribution is 4.65. The Morgan fingerprint density at radius 2 is 2.08 bits per heavy atom. The van der Waals surface area contributed by atoms with Gasteiger partial charge in [0.2, 0.25) is 0 Å². The third-order valence-electron chi connectivity index (χ3n) is 1.68. The first kappa shape index (κ1) is 12.6. The minimum atomic E-state index is 0.614. The fraction of sp³-hybridized carbons (Fsp3) is 0.800. The van der Waals surface area contributed by atoms with Crippen molar-refractivity contribution in [2.45, 2.75) is 25.7 Å². The molecule has 78 valence electrons. The first-order valence-electron chi connectivity index (χ1n) is 4.86. The number of unbranched alkanes of at least 4 members (excludes halogenated alkanes) is 3. The van der Waals surface area contributed by atoms with Crippen LogP contribution in [-0.2, 0) is 9.57 Å². The van der Waals surface area contributed by atoms with Gasteiger partial charge in [0.05, 0.1) is 13.2 Å². The molecule has 0 atom stereocenters. The highest BCUT2D eigenvalue weighted by atomic mass is 16.7. The summed E-state index contributed by atoms with van der Waals surface area (Å²) >= 11 is 0. The lowest BCUT2D eigenvalue weighted by atomic mass is 10.2. The zero-order valence-corrected chi connectivity index (χ0v) is 8.55. The molecule has 0 aliphatic carbocycles. The number of hydrogen-bond donors (Lipinski definition) is 1. The van der Waals surface area contributed by atoms with Crippen molar-refractivity contribution in [3.05, 3.63) is 12.7 Å². The third kappa shape index (κ3) is 11.6. The van der Waals surface area contributed by atoms with Crippen molar-refractivity contribution < 1.29 is 9.57 Å². The molecule has 3 heteroatoms. The minimum absolute atomic E-state index is 0.614. The molecule has 0 amide bonds. The zero-order valence-electron chi connectivity index (χ0n) is 8.55. The van der Waals surface area contributed by atoms with Crippen molar-refractivity contribution in [2.75, 3.05) is 26.9 Å². The molecule has 0 saturated heterocycles. The number of allylic oxidation sites excluding steroid dienone is 1. The van der Waals surface area contributed by atoms with E-state index < -0.39 is 0 Å². The van der Waals surface area contributed by atoms with Crippen molar-refractivity contribution in [3.8, 4) is 0 Å². The van der Waals surface area contributed by atoms with Gasteiger partial charge in [0.25, 0.3) is 0 Å². The molecular formula is C10H21NO2. The summed E-state index contributed by atoms with van der Waals surface area (Å²) in [5, 5.41) is 0. The van der Waals surface area contributed by atoms with Crippen LogP contribution < -0.4 is 5.48 Å². The van der Waals surface area contributed by atoms with Crippen LogP contribution in [0, 0.1) is 0 Å². The van der Waals surface area contributed by atoms with Crippen molar-refractivity contribution in [3.63, 3.8) is 0 Å². The average molecular weight is 187 g/mol. The summed E-state index contributed by atoms with van der Waals surface area (Å²) in [7, 11) is 1.67. The monoisotopic (exact) mass is 187 g/mol. The second kappa shape index (κ2) is 11.6. The van der Waals surface area contributed by atoms with E-state index in [1.165, 1.54) is 12.8 Å². The molecule has 3 nitrogen and oxygen atoms in total. The van der Waals surface area contributed by atoms with Crippen LogP contribution in [-0.4, -0.2) is 26.9 Å². The van der Waals surface area contributed by atoms with E-state index in [-0.39, 0.29) is 0 Å². The van der Waals surface area contributed by atoms with Gasteiger partial charge in [0.15, 0.2) is 0 Å². The molecule has 0 fully saturated rings. The van der Waals surface area contributed by atoms with Crippen molar-refractivity contribution in [1.82, 2.24) is 5.48 Å². The topological polar surface area (TPSA) is 30.5 Å². The maximum Gasteiger partial charge on any atom is 0.0915 e. The van der Waals surface area contributed by atoms with Gasteiger partial charge in [-0.05, 0) is 19.3 Å². The van der Waals surface area contributed by atoms with Crippen LogP contribution in [0.3, 0.4) is 0 Å². The normalized spacial score (nSPS) is 10.2. The van der Waals surface area contributed by atoms with Crippen LogP contribution in [0.4, 0.5) is 0 Å². The van der Waals surface area contributed by atoms with Crippen molar-refractivity contribution in [2.24, 2.45) is 0 Å². The molecular weight excluding hydrogens is 166 g/mol. The lowest BCUT2D eigenvalue weighted by Gasteiger charge is -2.04. The van der Waals surface area contributed by atoms with E-state index in [1.54, 1.807) is 7.11 Å². The van der Waals surface area contributed by atoms with E-state index in [0.717, 1.165) is 19.4 Å². The summed E-state index contributed by atoms with van der Waals surface area (Å²) in [4.78, 5) is 5.09. The fourth-order valence-electron chi connectivity index (χ4n) is 0.932. The molecule has 0 aliphatic heterocycles. The number of ether oxygens (including phenoxy) is 1. The van der Waals surface area contributed by atoms with Crippen LogP contribution in [0.1, 0.15) is 25.7 Å². The molecule has 0 rings (SSSR count). The molecule has 0 spiro atoms. The molecule has 0 radical (unpaired) electrons. The van der Waals surface area contributed by atoms with Crippen LogP contribution >= 0.6 is 0 Å². The van der Waals surface area contributed by atoms with E-state index in [4.69, 9.17) is 9.57 Å². The summed E-state index contributed by atoms with van der Waals surface area (Å²) in [5.74, 6) is 0. The Morgan fingerprint density at radius 1 is 1.23 bits per heavy atom. The number of hydrogen-bond acceptors (Lipinski definition) is 3. The fourth-order valence-corrected chi connectivity index (χ4v) is 0.932. The number of nitrogens with one attached hydrogen (secondary N) is 1. The molecule has 0 aromatic heterocycles. The molecule has 0 aromatic carbocycles. The van der Waals surface area contributed by atoms with E-state index in [0.29, 0.717) is 13.2 Å². The number of rotatable bonds is 10. The molecule has 0 bridgehead atoms. The van der Waals surface area contributed by atoms with E-state index >= 15 is 0 Å². The molecule has 0 heterocycles. The first-order chi connectivity index (χ1) is 6.41. The predicted octanol–water partition coefficient (Wildman–Crippen LogP) is 1.90. The van der Waals surface area contributed by atoms with Crippen molar-refractivity contribution >= 4 is 0 Å². The molecule has 0 saturated carbocycles. The smallest absolute Gasteiger partial charge is 0.0915 e. The SMILES string of the molecule is C=CCCCCCNOCCOC. The number of methoxy groups -OCH3 is 1. The Labute approximate surface area is 81.1 Å². The van der Waals surface area contributed by atoms with Gasteiger partial charge in [0.1, 0.15) is 0 Å². The highest BCUT2D eigenvalue weighted by Crippen LogP contribution is 1.98. The third-order valence-corrected chi connectivity index (χ3v) is 1.68. The largest absolute Gasteiger partial charge is 0.382 e. The van der Waals surface area contributed by atoms with Gasteiger partial charge in [-0.1, -0.05) is 12.5 Å². The molecule has 0 unspecified atom stereocenters. The molecule has 0 aliphatic rings. The van der Waals surface area contributed by atoms with E-state index in [9.17, 15) is 0 Å². The van der Waals surface area contributed by atoms with Gasteiger partial charge in [0, 0.05) is 13.7 Å². The van der Waals surface area contributed by atoms with Gasteiger partial charge < -0.3 is 4.74 Å². The Balaban J connectivity index is 2.79. The van der Waals surface area contributed by atoms with E-state index in [2.05, 4.69) is 12.1 Å². The average Bonchev–Trinajstić information content (AvgIpc) is 2.16. The Morgan fingerprint density at radius 3 is 2.77 bits per heavy atom. The molecule has 13 heavy (non-hydrogen) atoms. The minimum Gasteiger partial charge on any atom is -0.382 e. The summed E-state index contributed by atoms with van der Waals surface area (Å²) in [5.41, 5.74) is 2.89. The molecule has 1 N–H and O–H groups in total. The summed E-state index contributed by atoms with van der Waals surface area (Å²) in [6, 6.07) is 0. The van der Waals surface area contributed by atoms with Gasteiger partial charge in [-0.25, -0.2) is 5.48 Å². The van der Waals surface area contributed by atoms with Gasteiger partial charge in [-0.3, -0.25) is 4.84 Å². The van der Waals surface area contributed by atoms with E-state index in [1.807, 2.05) is 6.08 Å². The standard InChI is InChI=1S/C10H21NO2/c1-3-4-5-6-7-8-11-13-10-9-12-2/h3,11H,1,4-10H2,2H3. The molecule has 0 aromatic rings. The van der Waals surface area contributed by atoms with Gasteiger partial charge >= 0.3 is 0 Å². The van der Waals surface area contributed by atoms with Crippen molar-refractivity contribution in [1.29, 1.82) is 0 Å². The summed E-state index contributed by atoms with van der Waals surface area (Å²) in [6.45, 7) is 5.85. The van der Waals surface area contributed by atoms with Gasteiger partial charge in [-0.15, -0.1) is 6.58 Å². The zero-order chi connectivity index (χ0) is 9.78. The quantitative estimate of drug-likeness (QED) is 0.322. The van der Waals surface area contributed by atoms with Crippen LogP contribution in [0.2, 0.25) is 0 Å². The number of hydroxylamine groups is 1. The Kier molecular flexibility index (Phi) is 11.3. The second-order valence-corrected chi connectivity index (χ2v) is 2.87. The lowest BCUT2D eigenvalue weighted by Crippen LogP contribution is -2.18. The summed E-state index contributed by atoms with van der Waals surface area (Å²) in [6.07, 6.45) is 6.68.